The molecule has 102 valence electrons. The van der Waals surface area contributed by atoms with E-state index in [1.165, 1.54) is 0 Å². The summed E-state index contributed by atoms with van der Waals surface area (Å²) < 4.78 is 11.6. The van der Waals surface area contributed by atoms with Crippen LogP contribution in [0.1, 0.15) is 17.4 Å². The van der Waals surface area contributed by atoms with Gasteiger partial charge in [0.25, 0.3) is 0 Å². The monoisotopic (exact) mass is 345 g/mol. The lowest BCUT2D eigenvalue weighted by Crippen LogP contribution is -2.41. The maximum Gasteiger partial charge on any atom is 0.320 e. The molecule has 2 atom stereocenters. The van der Waals surface area contributed by atoms with Gasteiger partial charge in [-0.05, 0) is 45.8 Å². The molecule has 2 aliphatic rings. The van der Waals surface area contributed by atoms with Gasteiger partial charge in [-0.1, -0.05) is 0 Å². The van der Waals surface area contributed by atoms with Gasteiger partial charge in [-0.25, -0.2) is 0 Å². The van der Waals surface area contributed by atoms with Gasteiger partial charge >= 0.3 is 5.97 Å². The second-order valence-electron chi connectivity index (χ2n) is 4.33. The number of benzene rings is 1. The number of hydrogen-bond acceptors (Lipinski definition) is 5. The van der Waals surface area contributed by atoms with Gasteiger partial charge < -0.3 is 14.6 Å². The van der Waals surface area contributed by atoms with E-state index in [9.17, 15) is 4.79 Å². The Morgan fingerprint density at radius 2 is 2.32 bits per heavy atom. The van der Waals surface area contributed by atoms with Gasteiger partial charge in [0.1, 0.15) is 6.04 Å². The zero-order chi connectivity index (χ0) is 13.4. The molecule has 1 saturated heterocycles. The van der Waals surface area contributed by atoms with Crippen LogP contribution >= 0.6 is 27.7 Å². The van der Waals surface area contributed by atoms with Crippen LogP contribution < -0.4 is 14.8 Å². The fraction of sp³-hybridized carbons (Fsp3) is 0.417. The molecule has 0 aromatic heterocycles. The number of carboxylic acid groups (broad SMARTS) is 1. The topological polar surface area (TPSA) is 67.8 Å². The van der Waals surface area contributed by atoms with Gasteiger partial charge in [-0.3, -0.25) is 10.1 Å². The van der Waals surface area contributed by atoms with Crippen LogP contribution in [0, 0.1) is 0 Å². The lowest BCUT2D eigenvalue weighted by molar-refractivity contribution is -0.139. The molecule has 7 heteroatoms. The summed E-state index contributed by atoms with van der Waals surface area (Å²) in [5.74, 6) is 1.43. The first kappa shape index (κ1) is 13.1. The van der Waals surface area contributed by atoms with Crippen LogP contribution in [0.2, 0.25) is 0 Å². The highest BCUT2D eigenvalue weighted by Crippen LogP contribution is 2.43. The van der Waals surface area contributed by atoms with E-state index in [0.717, 1.165) is 15.8 Å². The van der Waals surface area contributed by atoms with Crippen LogP contribution in [0.5, 0.6) is 11.5 Å². The van der Waals surface area contributed by atoms with E-state index in [2.05, 4.69) is 21.2 Å². The van der Waals surface area contributed by atoms with E-state index in [4.69, 9.17) is 14.6 Å². The second-order valence-corrected chi connectivity index (χ2v) is 6.40. The number of rotatable bonds is 2. The minimum atomic E-state index is -0.801. The van der Waals surface area contributed by atoms with Crippen LogP contribution in [0.4, 0.5) is 0 Å². The molecule has 2 unspecified atom stereocenters. The number of ether oxygens (including phenoxy) is 2. The van der Waals surface area contributed by atoms with E-state index in [-0.39, 0.29) is 12.2 Å². The van der Waals surface area contributed by atoms with Gasteiger partial charge in [-0.2, -0.15) is 0 Å². The van der Waals surface area contributed by atoms with E-state index in [1.807, 2.05) is 12.1 Å². The Morgan fingerprint density at radius 3 is 3.11 bits per heavy atom. The summed E-state index contributed by atoms with van der Waals surface area (Å²) in [4.78, 5) is 11.1. The Labute approximate surface area is 122 Å². The Balaban J connectivity index is 1.86. The van der Waals surface area contributed by atoms with Crippen molar-refractivity contribution in [2.24, 2.45) is 0 Å². The highest BCUT2D eigenvalue weighted by molar-refractivity contribution is 9.10. The summed E-state index contributed by atoms with van der Waals surface area (Å²) in [7, 11) is 0. The predicted molar refractivity (Wildman–Crippen MR) is 74.6 cm³/mol. The number of hydrogen-bond donors (Lipinski definition) is 2. The maximum atomic E-state index is 11.1. The molecule has 0 bridgehead atoms. The highest BCUT2D eigenvalue weighted by atomic mass is 79.9. The summed E-state index contributed by atoms with van der Waals surface area (Å²) >= 11 is 5.15. The van der Waals surface area contributed by atoms with Crippen molar-refractivity contribution in [2.75, 3.05) is 12.5 Å². The van der Waals surface area contributed by atoms with Crippen molar-refractivity contribution in [1.29, 1.82) is 0 Å². The summed E-state index contributed by atoms with van der Waals surface area (Å²) in [6.07, 6.45) is 0.641. The molecule has 1 aromatic rings. The molecule has 0 aliphatic carbocycles. The Hall–Kier alpha value is -0.920. The average molecular weight is 346 g/mol. The standard InChI is InChI=1S/C12H12BrNO4S/c13-7-3-6(4-9-10(7)18-5-17-9)11-14-8(12(15)16)1-2-19-11/h3-4,8,11,14H,1-2,5H2,(H,15,16). The molecule has 3 rings (SSSR count). The molecule has 2 N–H and O–H groups in total. The lowest BCUT2D eigenvalue weighted by Gasteiger charge is -2.28. The first-order valence-corrected chi connectivity index (χ1v) is 7.69. The van der Waals surface area contributed by atoms with Gasteiger partial charge in [0.05, 0.1) is 9.85 Å². The Bertz CT molecular complexity index is 525. The third-order valence-electron chi connectivity index (χ3n) is 3.09. The molecule has 0 saturated carbocycles. The van der Waals surface area contributed by atoms with E-state index < -0.39 is 12.0 Å². The van der Waals surface area contributed by atoms with Crippen molar-refractivity contribution in [2.45, 2.75) is 17.8 Å². The molecular weight excluding hydrogens is 334 g/mol. The molecule has 2 aliphatic heterocycles. The second kappa shape index (κ2) is 5.22. The largest absolute Gasteiger partial charge is 0.480 e. The third kappa shape index (κ3) is 2.54. The smallest absolute Gasteiger partial charge is 0.320 e. The molecule has 1 aromatic carbocycles. The number of aliphatic carboxylic acids is 1. The summed E-state index contributed by atoms with van der Waals surface area (Å²) in [5, 5.41) is 12.2. The molecule has 0 amide bonds. The minimum absolute atomic E-state index is 0.0411. The molecule has 2 heterocycles. The first-order valence-electron chi connectivity index (χ1n) is 5.84. The molecular formula is C12H12BrNO4S. The summed E-state index contributed by atoms with van der Waals surface area (Å²) in [6.45, 7) is 0.223. The highest BCUT2D eigenvalue weighted by Gasteiger charge is 2.29. The fourth-order valence-corrected chi connectivity index (χ4v) is 3.91. The number of thioether (sulfide) groups is 1. The fourth-order valence-electron chi connectivity index (χ4n) is 2.14. The normalized spacial score (nSPS) is 25.3. The average Bonchev–Trinajstić information content (AvgIpc) is 2.87. The van der Waals surface area contributed by atoms with Gasteiger partial charge in [0.2, 0.25) is 6.79 Å². The SMILES string of the molecule is O=C(O)C1CCSC(c2cc(Br)c3c(c2)OCO3)N1. The van der Waals surface area contributed by atoms with Gasteiger partial charge in [0, 0.05) is 0 Å². The lowest BCUT2D eigenvalue weighted by atomic mass is 10.1. The van der Waals surface area contributed by atoms with Crippen LogP contribution in [-0.2, 0) is 4.79 Å². The number of carbonyl (C=O) groups is 1. The van der Waals surface area contributed by atoms with Gasteiger partial charge in [-0.15, -0.1) is 11.8 Å². The van der Waals surface area contributed by atoms with E-state index >= 15 is 0 Å². The summed E-state index contributed by atoms with van der Waals surface area (Å²) in [5.41, 5.74) is 0.993. The van der Waals surface area contributed by atoms with E-state index in [0.29, 0.717) is 17.9 Å². The zero-order valence-corrected chi connectivity index (χ0v) is 12.3. The number of halogens is 1. The zero-order valence-electron chi connectivity index (χ0n) is 9.89. The van der Waals surface area contributed by atoms with Crippen LogP contribution in [0.15, 0.2) is 16.6 Å². The Kier molecular flexibility index (Phi) is 3.60. The van der Waals surface area contributed by atoms with Crippen molar-refractivity contribution >= 4 is 33.7 Å². The number of nitrogens with one attached hydrogen (secondary N) is 1. The van der Waals surface area contributed by atoms with Crippen molar-refractivity contribution < 1.29 is 19.4 Å². The predicted octanol–water partition coefficient (Wildman–Crippen LogP) is 2.36. The third-order valence-corrected chi connectivity index (χ3v) is 4.90. The van der Waals surface area contributed by atoms with Crippen molar-refractivity contribution in [3.8, 4) is 11.5 Å². The maximum absolute atomic E-state index is 11.1. The first-order chi connectivity index (χ1) is 9.15. The van der Waals surface area contributed by atoms with Crippen LogP contribution in [0.25, 0.3) is 0 Å². The Morgan fingerprint density at radius 1 is 1.47 bits per heavy atom. The van der Waals surface area contributed by atoms with Crippen molar-refractivity contribution in [3.05, 3.63) is 22.2 Å². The molecule has 1 fully saturated rings. The van der Waals surface area contributed by atoms with Crippen LogP contribution in [-0.4, -0.2) is 29.7 Å². The summed E-state index contributed by atoms with van der Waals surface area (Å²) in [6, 6.07) is 3.36. The van der Waals surface area contributed by atoms with Crippen molar-refractivity contribution in [1.82, 2.24) is 5.32 Å². The van der Waals surface area contributed by atoms with E-state index in [1.54, 1.807) is 11.8 Å². The molecule has 5 nitrogen and oxygen atoms in total. The van der Waals surface area contributed by atoms with Crippen molar-refractivity contribution in [3.63, 3.8) is 0 Å². The van der Waals surface area contributed by atoms with Gasteiger partial charge in [0.15, 0.2) is 11.5 Å². The minimum Gasteiger partial charge on any atom is -0.480 e. The molecule has 19 heavy (non-hydrogen) atoms. The van der Waals surface area contributed by atoms with Crippen LogP contribution in [0.3, 0.4) is 0 Å². The molecule has 0 radical (unpaired) electrons. The molecule has 0 spiro atoms. The number of fused-ring (bicyclic) bond motifs is 1. The number of carboxylic acids is 1. The quantitative estimate of drug-likeness (QED) is 0.857.